The van der Waals surface area contributed by atoms with E-state index in [9.17, 15) is 4.79 Å². The second-order valence-electron chi connectivity index (χ2n) is 2.92. The van der Waals surface area contributed by atoms with Crippen molar-refractivity contribution < 1.29 is 4.79 Å². The monoisotopic (exact) mass is 237 g/mol. The lowest BCUT2D eigenvalue weighted by Gasteiger charge is -2.04. The zero-order valence-corrected chi connectivity index (χ0v) is 8.82. The fourth-order valence-electron chi connectivity index (χ4n) is 1.07. The quantitative estimate of drug-likeness (QED) is 0.748. The molecule has 0 radical (unpaired) electrons. The van der Waals surface area contributed by atoms with Gasteiger partial charge < -0.3 is 5.32 Å². The molecule has 0 aliphatic rings. The largest absolute Gasteiger partial charge is 0.326 e. The maximum atomic E-state index is 11.4. The summed E-state index contributed by atoms with van der Waals surface area (Å²) < 4.78 is 0. The van der Waals surface area contributed by atoms with Crippen molar-refractivity contribution in [2.24, 2.45) is 0 Å². The van der Waals surface area contributed by atoms with Gasteiger partial charge in [0, 0.05) is 10.7 Å². The molecule has 6 nitrogen and oxygen atoms in total. The van der Waals surface area contributed by atoms with Gasteiger partial charge >= 0.3 is 6.03 Å². The van der Waals surface area contributed by atoms with E-state index in [1.54, 1.807) is 24.3 Å². The van der Waals surface area contributed by atoms with Gasteiger partial charge in [-0.1, -0.05) is 11.6 Å². The van der Waals surface area contributed by atoms with Crippen LogP contribution in [0.4, 0.5) is 16.4 Å². The van der Waals surface area contributed by atoms with E-state index in [1.807, 2.05) is 0 Å². The lowest BCUT2D eigenvalue weighted by atomic mass is 10.3. The van der Waals surface area contributed by atoms with Crippen LogP contribution in [0.1, 0.15) is 0 Å². The third kappa shape index (κ3) is 2.71. The standard InChI is InChI=1S/C9H8ClN5O/c10-6-1-3-7(4-2-6)13-9(16)14-8-11-5-12-15-8/h1-5H,(H3,11,12,13,14,15,16). The van der Waals surface area contributed by atoms with E-state index in [0.717, 1.165) is 0 Å². The Labute approximate surface area is 96.0 Å². The summed E-state index contributed by atoms with van der Waals surface area (Å²) in [6.07, 6.45) is 1.30. The summed E-state index contributed by atoms with van der Waals surface area (Å²) in [6.45, 7) is 0. The molecule has 1 aromatic carbocycles. The van der Waals surface area contributed by atoms with Crippen molar-refractivity contribution in [2.75, 3.05) is 10.6 Å². The maximum Gasteiger partial charge on any atom is 0.326 e. The molecule has 3 N–H and O–H groups in total. The molecule has 0 aliphatic carbocycles. The number of anilines is 2. The zero-order valence-electron chi connectivity index (χ0n) is 8.07. The van der Waals surface area contributed by atoms with Gasteiger partial charge in [-0.15, -0.1) is 0 Å². The number of benzene rings is 1. The summed E-state index contributed by atoms with van der Waals surface area (Å²) in [5, 5.41) is 11.8. The molecular weight excluding hydrogens is 230 g/mol. The second-order valence-corrected chi connectivity index (χ2v) is 3.36. The number of carbonyl (C=O) groups is 1. The molecule has 0 aliphatic heterocycles. The summed E-state index contributed by atoms with van der Waals surface area (Å²) in [5.74, 6) is 0.284. The third-order valence-electron chi connectivity index (χ3n) is 1.75. The van der Waals surface area contributed by atoms with Crippen LogP contribution in [0.5, 0.6) is 0 Å². The first-order valence-electron chi connectivity index (χ1n) is 4.43. The summed E-state index contributed by atoms with van der Waals surface area (Å²) in [5.41, 5.74) is 0.640. The number of amides is 2. The number of H-pyrrole nitrogens is 1. The molecule has 0 saturated carbocycles. The minimum Gasteiger partial charge on any atom is -0.308 e. The van der Waals surface area contributed by atoms with Crippen molar-refractivity contribution in [1.29, 1.82) is 0 Å². The first kappa shape index (κ1) is 10.4. The molecule has 0 atom stereocenters. The number of carbonyl (C=O) groups excluding carboxylic acids is 1. The number of hydrogen-bond donors (Lipinski definition) is 3. The maximum absolute atomic E-state index is 11.4. The number of nitrogens with zero attached hydrogens (tertiary/aromatic N) is 2. The van der Waals surface area contributed by atoms with Gasteiger partial charge in [0.05, 0.1) is 0 Å². The summed E-state index contributed by atoms with van der Waals surface area (Å²) >= 11 is 5.71. The minimum absolute atomic E-state index is 0.284. The molecule has 7 heteroatoms. The van der Waals surface area contributed by atoms with Crippen molar-refractivity contribution in [3.8, 4) is 0 Å². The molecule has 2 aromatic rings. The van der Waals surface area contributed by atoms with Crippen molar-refractivity contribution in [3.63, 3.8) is 0 Å². The molecule has 0 fully saturated rings. The highest BCUT2D eigenvalue weighted by atomic mass is 35.5. The lowest BCUT2D eigenvalue weighted by molar-refractivity contribution is 0.262. The van der Waals surface area contributed by atoms with Gasteiger partial charge in [0.1, 0.15) is 6.33 Å². The number of hydrogen-bond acceptors (Lipinski definition) is 3. The van der Waals surface area contributed by atoms with Crippen LogP contribution in [-0.2, 0) is 0 Å². The van der Waals surface area contributed by atoms with Crippen LogP contribution in [0.2, 0.25) is 5.02 Å². The molecule has 16 heavy (non-hydrogen) atoms. The zero-order chi connectivity index (χ0) is 11.4. The highest BCUT2D eigenvalue weighted by Gasteiger charge is 2.03. The van der Waals surface area contributed by atoms with E-state index in [1.165, 1.54) is 6.33 Å². The van der Waals surface area contributed by atoms with Gasteiger partial charge in [-0.05, 0) is 24.3 Å². The Morgan fingerprint density at radius 3 is 2.62 bits per heavy atom. The molecule has 1 aromatic heterocycles. The summed E-state index contributed by atoms with van der Waals surface area (Å²) in [7, 11) is 0. The molecule has 82 valence electrons. The minimum atomic E-state index is -0.404. The third-order valence-corrected chi connectivity index (χ3v) is 2.00. The van der Waals surface area contributed by atoms with Crippen LogP contribution in [0.25, 0.3) is 0 Å². The molecule has 0 bridgehead atoms. The first-order chi connectivity index (χ1) is 7.74. The van der Waals surface area contributed by atoms with Gasteiger partial charge in [0.15, 0.2) is 0 Å². The van der Waals surface area contributed by atoms with Crippen molar-refractivity contribution in [2.45, 2.75) is 0 Å². The van der Waals surface area contributed by atoms with Gasteiger partial charge in [0.25, 0.3) is 0 Å². The lowest BCUT2D eigenvalue weighted by Crippen LogP contribution is -2.20. The normalized spacial score (nSPS) is 9.81. The number of halogens is 1. The first-order valence-corrected chi connectivity index (χ1v) is 4.81. The number of aromatic nitrogens is 3. The molecular formula is C9H8ClN5O. The Bertz CT molecular complexity index is 467. The van der Waals surface area contributed by atoms with E-state index in [0.29, 0.717) is 10.7 Å². The number of aromatic amines is 1. The van der Waals surface area contributed by atoms with Crippen LogP contribution >= 0.6 is 11.6 Å². The smallest absolute Gasteiger partial charge is 0.308 e. The Morgan fingerprint density at radius 2 is 2.00 bits per heavy atom. The van der Waals surface area contributed by atoms with E-state index in [2.05, 4.69) is 25.8 Å². The SMILES string of the molecule is O=C(Nc1ccc(Cl)cc1)Nc1ncn[nH]1. The van der Waals surface area contributed by atoms with Gasteiger partial charge in [-0.25, -0.2) is 9.89 Å². The predicted molar refractivity (Wildman–Crippen MR) is 60.5 cm³/mol. The molecule has 2 rings (SSSR count). The molecule has 0 unspecified atom stereocenters. The Morgan fingerprint density at radius 1 is 1.25 bits per heavy atom. The number of nitrogens with one attached hydrogen (secondary N) is 3. The Kier molecular flexibility index (Phi) is 3.02. The fourth-order valence-corrected chi connectivity index (χ4v) is 1.19. The predicted octanol–water partition coefficient (Wildman–Crippen LogP) is 2.10. The van der Waals surface area contributed by atoms with Crippen molar-refractivity contribution in [1.82, 2.24) is 15.2 Å². The van der Waals surface area contributed by atoms with Crippen LogP contribution in [0, 0.1) is 0 Å². The van der Waals surface area contributed by atoms with E-state index in [4.69, 9.17) is 11.6 Å². The molecule has 2 amide bonds. The van der Waals surface area contributed by atoms with Crippen LogP contribution in [-0.4, -0.2) is 21.2 Å². The van der Waals surface area contributed by atoms with Gasteiger partial charge in [-0.3, -0.25) is 5.32 Å². The molecule has 0 saturated heterocycles. The van der Waals surface area contributed by atoms with Gasteiger partial charge in [0.2, 0.25) is 5.95 Å². The Balaban J connectivity index is 1.95. The van der Waals surface area contributed by atoms with Crippen LogP contribution in [0.3, 0.4) is 0 Å². The van der Waals surface area contributed by atoms with Crippen molar-refractivity contribution in [3.05, 3.63) is 35.6 Å². The topological polar surface area (TPSA) is 82.7 Å². The van der Waals surface area contributed by atoms with Crippen molar-refractivity contribution >= 4 is 29.3 Å². The fraction of sp³-hybridized carbons (Fsp3) is 0. The average molecular weight is 238 g/mol. The van der Waals surface area contributed by atoms with E-state index in [-0.39, 0.29) is 5.95 Å². The van der Waals surface area contributed by atoms with Crippen LogP contribution in [0.15, 0.2) is 30.6 Å². The van der Waals surface area contributed by atoms with Crippen LogP contribution < -0.4 is 10.6 Å². The summed E-state index contributed by atoms with van der Waals surface area (Å²) in [4.78, 5) is 15.2. The van der Waals surface area contributed by atoms with E-state index < -0.39 is 6.03 Å². The highest BCUT2D eigenvalue weighted by Crippen LogP contribution is 2.13. The highest BCUT2D eigenvalue weighted by molar-refractivity contribution is 6.30. The molecule has 0 spiro atoms. The van der Waals surface area contributed by atoms with Gasteiger partial charge in [-0.2, -0.15) is 10.1 Å². The summed E-state index contributed by atoms with van der Waals surface area (Å²) in [6, 6.07) is 6.36. The van der Waals surface area contributed by atoms with E-state index >= 15 is 0 Å². The Hall–Kier alpha value is -2.08. The molecule has 1 heterocycles. The second kappa shape index (κ2) is 4.63. The number of urea groups is 1. The number of rotatable bonds is 2. The average Bonchev–Trinajstić information content (AvgIpc) is 2.74.